The van der Waals surface area contributed by atoms with Gasteiger partial charge in [-0.3, -0.25) is 0 Å². The van der Waals surface area contributed by atoms with Crippen LogP contribution in [0.15, 0.2) is 18.2 Å². The molecule has 0 radical (unpaired) electrons. The van der Waals surface area contributed by atoms with Gasteiger partial charge in [0.25, 0.3) is 0 Å². The van der Waals surface area contributed by atoms with Crippen LogP contribution in [0.3, 0.4) is 0 Å². The number of ether oxygens (including phenoxy) is 1. The Kier molecular flexibility index (Phi) is 2.06. The number of rotatable bonds is 1. The third-order valence-corrected chi connectivity index (χ3v) is 3.35. The number of hydrogen-bond donors (Lipinski definition) is 1. The van der Waals surface area contributed by atoms with Crippen LogP contribution in [0.25, 0.3) is 10.1 Å². The van der Waals surface area contributed by atoms with Crippen molar-refractivity contribution in [2.45, 2.75) is 0 Å². The molecule has 0 amide bonds. The molecule has 13 heavy (non-hydrogen) atoms. The van der Waals surface area contributed by atoms with E-state index < -0.39 is 0 Å². The number of halogens is 1. The van der Waals surface area contributed by atoms with E-state index >= 15 is 0 Å². The van der Waals surface area contributed by atoms with Crippen LogP contribution < -0.4 is 10.5 Å². The van der Waals surface area contributed by atoms with E-state index in [9.17, 15) is 0 Å². The summed E-state index contributed by atoms with van der Waals surface area (Å²) in [5, 5.41) is 2.15. The number of hydrogen-bond acceptors (Lipinski definition) is 3. The molecule has 4 heteroatoms. The van der Waals surface area contributed by atoms with Gasteiger partial charge in [0.2, 0.25) is 0 Å². The normalized spacial score (nSPS) is 10.6. The van der Waals surface area contributed by atoms with Crippen LogP contribution in [0.4, 0.5) is 5.00 Å². The first-order chi connectivity index (χ1) is 6.24. The Morgan fingerprint density at radius 1 is 1.46 bits per heavy atom. The third kappa shape index (κ3) is 1.24. The molecule has 0 aliphatic rings. The second kappa shape index (κ2) is 3.09. The molecule has 1 heterocycles. The average Bonchev–Trinajstić information content (AvgIpc) is 2.43. The molecule has 2 rings (SSSR count). The second-order valence-electron chi connectivity index (χ2n) is 2.61. The topological polar surface area (TPSA) is 35.2 Å². The highest BCUT2D eigenvalue weighted by molar-refractivity contribution is 7.23. The lowest BCUT2D eigenvalue weighted by Crippen LogP contribution is -1.83. The summed E-state index contributed by atoms with van der Waals surface area (Å²) in [5.41, 5.74) is 5.71. The molecule has 0 unspecified atom stereocenters. The molecule has 1 aromatic heterocycles. The molecule has 0 atom stereocenters. The lowest BCUT2D eigenvalue weighted by atomic mass is 10.2. The fourth-order valence-electron chi connectivity index (χ4n) is 1.27. The molecule has 0 saturated heterocycles. The quantitative estimate of drug-likeness (QED) is 0.790. The Morgan fingerprint density at radius 3 is 2.92 bits per heavy atom. The predicted octanol–water partition coefficient (Wildman–Crippen LogP) is 3.15. The molecule has 0 aliphatic carbocycles. The van der Waals surface area contributed by atoms with Gasteiger partial charge in [0, 0.05) is 4.70 Å². The number of methoxy groups -OCH3 is 1. The van der Waals surface area contributed by atoms with E-state index in [4.69, 9.17) is 22.1 Å². The standard InChI is InChI=1S/C9H8ClNOS/c1-12-5-3-2-4-6-7(5)8(10)9(11)13-6/h2-4H,11H2,1H3. The average molecular weight is 214 g/mol. The minimum atomic E-state index is 0.595. The molecule has 0 fully saturated rings. The molecule has 2 aromatic rings. The number of nitrogen functional groups attached to an aromatic ring is 1. The summed E-state index contributed by atoms with van der Waals surface area (Å²) in [6.45, 7) is 0. The van der Waals surface area contributed by atoms with Gasteiger partial charge in [-0.1, -0.05) is 17.7 Å². The zero-order valence-corrected chi connectivity index (χ0v) is 8.58. The van der Waals surface area contributed by atoms with Crippen molar-refractivity contribution in [3.05, 3.63) is 23.2 Å². The lowest BCUT2D eigenvalue weighted by molar-refractivity contribution is 0.420. The van der Waals surface area contributed by atoms with Crippen molar-refractivity contribution in [1.82, 2.24) is 0 Å². The van der Waals surface area contributed by atoms with Crippen molar-refractivity contribution in [1.29, 1.82) is 0 Å². The van der Waals surface area contributed by atoms with E-state index in [1.54, 1.807) is 7.11 Å². The van der Waals surface area contributed by atoms with E-state index in [2.05, 4.69) is 0 Å². The highest BCUT2D eigenvalue weighted by Gasteiger charge is 2.11. The fraction of sp³-hybridized carbons (Fsp3) is 0.111. The minimum absolute atomic E-state index is 0.595. The molecule has 0 saturated carbocycles. The van der Waals surface area contributed by atoms with E-state index in [0.717, 1.165) is 15.8 Å². The maximum absolute atomic E-state index is 6.03. The third-order valence-electron chi connectivity index (χ3n) is 1.86. The Morgan fingerprint density at radius 2 is 2.23 bits per heavy atom. The SMILES string of the molecule is COc1cccc2sc(N)c(Cl)c12. The van der Waals surface area contributed by atoms with Crippen LogP contribution in [-0.4, -0.2) is 7.11 Å². The van der Waals surface area contributed by atoms with Crippen LogP contribution in [0.1, 0.15) is 0 Å². The molecule has 68 valence electrons. The maximum atomic E-state index is 6.03. The van der Waals surface area contributed by atoms with Gasteiger partial charge in [0.05, 0.1) is 17.5 Å². The fourth-order valence-corrected chi connectivity index (χ4v) is 2.52. The molecule has 0 spiro atoms. The van der Waals surface area contributed by atoms with Crippen LogP contribution in [0.5, 0.6) is 5.75 Å². The summed E-state index contributed by atoms with van der Waals surface area (Å²) in [6.07, 6.45) is 0. The van der Waals surface area contributed by atoms with Crippen molar-refractivity contribution >= 4 is 38.0 Å². The highest BCUT2D eigenvalue weighted by atomic mass is 35.5. The van der Waals surface area contributed by atoms with Gasteiger partial charge in [0.1, 0.15) is 10.8 Å². The summed E-state index contributed by atoms with van der Waals surface area (Å²) in [4.78, 5) is 0. The first-order valence-electron chi connectivity index (χ1n) is 3.74. The van der Waals surface area contributed by atoms with Crippen molar-refractivity contribution in [3.8, 4) is 5.75 Å². The number of thiophene rings is 1. The van der Waals surface area contributed by atoms with Gasteiger partial charge in [-0.05, 0) is 12.1 Å². The second-order valence-corrected chi connectivity index (χ2v) is 4.08. The number of nitrogens with two attached hydrogens (primary N) is 1. The highest BCUT2D eigenvalue weighted by Crippen LogP contribution is 2.42. The largest absolute Gasteiger partial charge is 0.496 e. The van der Waals surface area contributed by atoms with Gasteiger partial charge in [0.15, 0.2) is 0 Å². The molecule has 2 N–H and O–H groups in total. The van der Waals surface area contributed by atoms with Gasteiger partial charge in [-0.15, -0.1) is 11.3 Å². The van der Waals surface area contributed by atoms with E-state index in [0.29, 0.717) is 10.0 Å². The van der Waals surface area contributed by atoms with Crippen molar-refractivity contribution in [2.75, 3.05) is 12.8 Å². The van der Waals surface area contributed by atoms with Gasteiger partial charge in [-0.25, -0.2) is 0 Å². The Labute approximate surface area is 84.9 Å². The summed E-state index contributed by atoms with van der Waals surface area (Å²) >= 11 is 7.51. The summed E-state index contributed by atoms with van der Waals surface area (Å²) in [7, 11) is 1.62. The van der Waals surface area contributed by atoms with Crippen LogP contribution >= 0.6 is 22.9 Å². The number of benzene rings is 1. The Bertz CT molecular complexity index is 452. The number of anilines is 1. The zero-order valence-electron chi connectivity index (χ0n) is 7.00. The molecule has 0 aliphatic heterocycles. The molecule has 2 nitrogen and oxygen atoms in total. The van der Waals surface area contributed by atoms with Crippen LogP contribution in [0.2, 0.25) is 5.02 Å². The summed E-state index contributed by atoms with van der Waals surface area (Å²) < 4.78 is 6.25. The molecule has 0 bridgehead atoms. The Hall–Kier alpha value is -0.930. The molecule has 1 aromatic carbocycles. The smallest absolute Gasteiger partial charge is 0.129 e. The zero-order chi connectivity index (χ0) is 9.42. The van der Waals surface area contributed by atoms with Crippen molar-refractivity contribution in [3.63, 3.8) is 0 Å². The van der Waals surface area contributed by atoms with Gasteiger partial charge in [-0.2, -0.15) is 0 Å². The van der Waals surface area contributed by atoms with Crippen LogP contribution in [0, 0.1) is 0 Å². The van der Waals surface area contributed by atoms with Gasteiger partial charge >= 0.3 is 0 Å². The maximum Gasteiger partial charge on any atom is 0.129 e. The predicted molar refractivity (Wildman–Crippen MR) is 57.8 cm³/mol. The summed E-state index contributed by atoms with van der Waals surface area (Å²) in [5.74, 6) is 0.774. The van der Waals surface area contributed by atoms with E-state index in [-0.39, 0.29) is 0 Å². The van der Waals surface area contributed by atoms with Crippen molar-refractivity contribution in [2.24, 2.45) is 0 Å². The molecular weight excluding hydrogens is 206 g/mol. The van der Waals surface area contributed by atoms with Gasteiger partial charge < -0.3 is 10.5 Å². The van der Waals surface area contributed by atoms with E-state index in [1.807, 2.05) is 18.2 Å². The van der Waals surface area contributed by atoms with Crippen LogP contribution in [-0.2, 0) is 0 Å². The Balaban J connectivity index is 2.87. The number of fused-ring (bicyclic) bond motifs is 1. The van der Waals surface area contributed by atoms with Crippen molar-refractivity contribution < 1.29 is 4.74 Å². The first-order valence-corrected chi connectivity index (χ1v) is 4.94. The summed E-state index contributed by atoms with van der Waals surface area (Å²) in [6, 6.07) is 5.78. The monoisotopic (exact) mass is 213 g/mol. The molecular formula is C9H8ClNOS. The minimum Gasteiger partial charge on any atom is -0.496 e. The van der Waals surface area contributed by atoms with E-state index in [1.165, 1.54) is 11.3 Å². The first kappa shape index (κ1) is 8.66. The lowest BCUT2D eigenvalue weighted by Gasteiger charge is -2.00.